The maximum absolute atomic E-state index is 15.1. The summed E-state index contributed by atoms with van der Waals surface area (Å²) in [5, 5.41) is 7.14. The Morgan fingerprint density at radius 1 is 1.25 bits per heavy atom. The summed E-state index contributed by atoms with van der Waals surface area (Å²) in [6.07, 6.45) is 1.26. The summed E-state index contributed by atoms with van der Waals surface area (Å²) in [7, 11) is 1.79. The number of pyridine rings is 1. The molecule has 6 rings (SSSR count). The third-order valence-electron chi connectivity index (χ3n) is 6.01. The van der Waals surface area contributed by atoms with E-state index in [4.69, 9.17) is 26.8 Å². The second-order valence-corrected chi connectivity index (χ2v) is 8.76. The summed E-state index contributed by atoms with van der Waals surface area (Å²) >= 11 is 6.02. The first kappa shape index (κ1) is 22.1. The number of aromatic nitrogens is 5. The van der Waals surface area contributed by atoms with Crippen LogP contribution in [0, 0.1) is 5.82 Å². The van der Waals surface area contributed by atoms with E-state index >= 15 is 4.39 Å². The number of nitrogen functional groups attached to an aromatic ring is 1. The molecule has 1 unspecified atom stereocenters. The number of anilines is 2. The van der Waals surface area contributed by atoms with Gasteiger partial charge in [0.05, 0.1) is 28.2 Å². The second kappa shape index (κ2) is 8.38. The number of nitrogens with one attached hydrogen (secondary N) is 1. The number of benzene rings is 2. The van der Waals surface area contributed by atoms with Gasteiger partial charge in [-0.15, -0.1) is 0 Å². The molecule has 1 aliphatic heterocycles. The van der Waals surface area contributed by atoms with Crippen LogP contribution in [0.4, 0.5) is 16.2 Å². The van der Waals surface area contributed by atoms with E-state index in [1.807, 2.05) is 24.3 Å². The zero-order chi connectivity index (χ0) is 25.0. The molecule has 36 heavy (non-hydrogen) atoms. The first-order valence-corrected chi connectivity index (χ1v) is 11.4. The summed E-state index contributed by atoms with van der Waals surface area (Å²) in [6.45, 7) is 0.746. The van der Waals surface area contributed by atoms with Crippen molar-refractivity contribution in [1.29, 1.82) is 0 Å². The third-order valence-corrected chi connectivity index (χ3v) is 6.30. The second-order valence-electron chi connectivity index (χ2n) is 8.36. The van der Waals surface area contributed by atoms with Crippen LogP contribution >= 0.6 is 11.6 Å². The minimum absolute atomic E-state index is 0.0102. The van der Waals surface area contributed by atoms with E-state index in [9.17, 15) is 4.79 Å². The zero-order valence-corrected chi connectivity index (χ0v) is 19.7. The summed E-state index contributed by atoms with van der Waals surface area (Å²) in [4.78, 5) is 24.4. The molecular weight excluding hydrogens is 489 g/mol. The molecule has 0 amide bonds. The lowest BCUT2D eigenvalue weighted by molar-refractivity contribution is 0.0958. The Bertz CT molecular complexity index is 1700. The molecule has 0 fully saturated rings. The minimum Gasteiger partial charge on any atom is -0.486 e. The highest BCUT2D eigenvalue weighted by Crippen LogP contribution is 2.32. The molecule has 10 nitrogen and oxygen atoms in total. The lowest BCUT2D eigenvalue weighted by Gasteiger charge is -2.29. The van der Waals surface area contributed by atoms with Crippen molar-refractivity contribution in [3.8, 4) is 17.2 Å². The first-order valence-electron chi connectivity index (χ1n) is 11.0. The van der Waals surface area contributed by atoms with Crippen molar-refractivity contribution in [1.82, 2.24) is 24.7 Å². The fourth-order valence-electron chi connectivity index (χ4n) is 4.30. The highest BCUT2D eigenvalue weighted by molar-refractivity contribution is 6.30. The van der Waals surface area contributed by atoms with Gasteiger partial charge in [-0.05, 0) is 24.3 Å². The topological polar surface area (TPSA) is 124 Å². The Morgan fingerprint density at radius 2 is 2.06 bits per heavy atom. The number of hydrogen-bond acceptors (Lipinski definition) is 8. The van der Waals surface area contributed by atoms with Gasteiger partial charge in [0.1, 0.15) is 12.0 Å². The molecule has 2 aromatic carbocycles. The van der Waals surface area contributed by atoms with Gasteiger partial charge in [-0.3, -0.25) is 14.5 Å². The van der Waals surface area contributed by atoms with Gasteiger partial charge in [0, 0.05) is 13.2 Å². The van der Waals surface area contributed by atoms with Crippen LogP contribution in [0.3, 0.4) is 0 Å². The van der Waals surface area contributed by atoms with Crippen LogP contribution in [0.1, 0.15) is 0 Å². The molecule has 5 aromatic rings. The Balaban J connectivity index is 1.46. The lowest BCUT2D eigenvalue weighted by Crippen LogP contribution is -2.40. The van der Waals surface area contributed by atoms with Crippen LogP contribution in [-0.4, -0.2) is 51.0 Å². The van der Waals surface area contributed by atoms with Gasteiger partial charge in [-0.25, -0.2) is 9.37 Å². The molecule has 3 N–H and O–H groups in total. The number of likely N-dealkylation sites (N-methyl/N-ethyl adjacent to an activating group) is 1. The summed E-state index contributed by atoms with van der Waals surface area (Å²) in [5.41, 5.74) is 5.83. The largest absolute Gasteiger partial charge is 0.486 e. The standard InChI is InChI=1S/C24H19ClFN7O3/c1-32(10-12-11-35-16-7-2-3-8-17(16)36-12)24-28-9-13-20-18(21(27)31-30-20)23(34)33(22(13)29-24)15-6-4-5-14(25)19(15)26/h2-9,12H,10-11H2,1H3,(H3,27,30,31). The van der Waals surface area contributed by atoms with Crippen molar-refractivity contribution in [3.63, 3.8) is 0 Å². The van der Waals surface area contributed by atoms with E-state index < -0.39 is 11.4 Å². The predicted octanol–water partition coefficient (Wildman–Crippen LogP) is 3.31. The zero-order valence-electron chi connectivity index (χ0n) is 18.9. The summed E-state index contributed by atoms with van der Waals surface area (Å²) in [5.74, 6) is 0.875. The SMILES string of the molecule is CN(CC1COc2ccccc2O1)c1ncc2c3[nH]nc(N)c3c(=O)n(-c3cccc(Cl)c3F)c2n1. The number of ether oxygens (including phenoxy) is 2. The maximum atomic E-state index is 15.1. The van der Waals surface area contributed by atoms with Gasteiger partial charge in [0.2, 0.25) is 5.95 Å². The van der Waals surface area contributed by atoms with Crippen LogP contribution in [0.15, 0.2) is 53.5 Å². The highest BCUT2D eigenvalue weighted by Gasteiger charge is 2.25. The van der Waals surface area contributed by atoms with Crippen LogP contribution in [0.5, 0.6) is 11.5 Å². The van der Waals surface area contributed by atoms with Crippen molar-refractivity contribution < 1.29 is 13.9 Å². The Morgan fingerprint density at radius 3 is 2.89 bits per heavy atom. The van der Waals surface area contributed by atoms with Gasteiger partial charge in [0.15, 0.2) is 34.9 Å². The van der Waals surface area contributed by atoms with Crippen molar-refractivity contribution in [2.24, 2.45) is 0 Å². The van der Waals surface area contributed by atoms with Gasteiger partial charge in [-0.2, -0.15) is 10.1 Å². The Hall–Kier alpha value is -4.38. The smallest absolute Gasteiger partial charge is 0.270 e. The average molecular weight is 508 g/mol. The molecule has 12 heteroatoms. The average Bonchev–Trinajstić information content (AvgIpc) is 3.28. The number of nitrogens with two attached hydrogens (primary N) is 1. The van der Waals surface area contributed by atoms with E-state index in [1.165, 1.54) is 12.1 Å². The quantitative estimate of drug-likeness (QED) is 0.379. The van der Waals surface area contributed by atoms with Crippen LogP contribution < -0.4 is 25.7 Å². The molecule has 1 atom stereocenters. The van der Waals surface area contributed by atoms with Crippen molar-refractivity contribution in [2.75, 3.05) is 30.8 Å². The van der Waals surface area contributed by atoms with E-state index in [0.717, 1.165) is 4.57 Å². The van der Waals surface area contributed by atoms with Crippen molar-refractivity contribution >= 4 is 45.3 Å². The number of nitrogens with zero attached hydrogens (tertiary/aromatic N) is 5. The highest BCUT2D eigenvalue weighted by atomic mass is 35.5. The van der Waals surface area contributed by atoms with Gasteiger partial charge in [0.25, 0.3) is 5.56 Å². The van der Waals surface area contributed by atoms with E-state index in [0.29, 0.717) is 41.5 Å². The van der Waals surface area contributed by atoms with Crippen LogP contribution in [0.2, 0.25) is 5.02 Å². The molecule has 182 valence electrons. The van der Waals surface area contributed by atoms with E-state index in [2.05, 4.69) is 20.2 Å². The molecular formula is C24H19ClFN7O3. The van der Waals surface area contributed by atoms with Gasteiger partial charge < -0.3 is 20.1 Å². The molecule has 1 aliphatic rings. The molecule has 0 saturated carbocycles. The summed E-state index contributed by atoms with van der Waals surface area (Å²) < 4.78 is 28.1. The van der Waals surface area contributed by atoms with Gasteiger partial charge >= 0.3 is 0 Å². The molecule has 0 spiro atoms. The molecule has 3 aromatic heterocycles. The number of para-hydroxylation sites is 2. The van der Waals surface area contributed by atoms with Crippen LogP contribution in [-0.2, 0) is 0 Å². The van der Waals surface area contributed by atoms with E-state index in [1.54, 1.807) is 24.2 Å². The number of rotatable bonds is 4. The maximum Gasteiger partial charge on any atom is 0.270 e. The fourth-order valence-corrected chi connectivity index (χ4v) is 4.47. The Labute approximate surface area is 208 Å². The molecule has 0 radical (unpaired) electrons. The molecule has 4 heterocycles. The number of hydrogen-bond donors (Lipinski definition) is 2. The summed E-state index contributed by atoms with van der Waals surface area (Å²) in [6, 6.07) is 11.8. The normalized spacial score (nSPS) is 14.9. The Kier molecular flexibility index (Phi) is 5.15. The fraction of sp³-hybridized carbons (Fsp3) is 0.167. The lowest BCUT2D eigenvalue weighted by atomic mass is 10.2. The number of halogens is 2. The minimum atomic E-state index is -0.760. The van der Waals surface area contributed by atoms with Crippen molar-refractivity contribution in [3.05, 3.63) is 69.9 Å². The van der Waals surface area contributed by atoms with Crippen LogP contribution in [0.25, 0.3) is 27.6 Å². The molecule has 0 saturated heterocycles. The van der Waals surface area contributed by atoms with Crippen molar-refractivity contribution in [2.45, 2.75) is 6.10 Å². The first-order chi connectivity index (χ1) is 17.4. The molecule has 0 aliphatic carbocycles. The third kappa shape index (κ3) is 3.47. The molecule has 0 bridgehead atoms. The van der Waals surface area contributed by atoms with E-state index in [-0.39, 0.29) is 33.7 Å². The number of fused-ring (bicyclic) bond motifs is 4. The predicted molar refractivity (Wildman–Crippen MR) is 134 cm³/mol. The number of aromatic amines is 1. The van der Waals surface area contributed by atoms with Gasteiger partial charge in [-0.1, -0.05) is 29.8 Å². The number of H-pyrrole nitrogens is 1. The monoisotopic (exact) mass is 507 g/mol.